The number of nitrogens with two attached hydrogens (primary N) is 3. The van der Waals surface area contributed by atoms with Gasteiger partial charge in [0.05, 0.1) is 0 Å². The van der Waals surface area contributed by atoms with Gasteiger partial charge in [0.25, 0.3) is 0 Å². The van der Waals surface area contributed by atoms with Crippen LogP contribution in [0.1, 0.15) is 19.3 Å². The van der Waals surface area contributed by atoms with Crippen LogP contribution in [0.2, 0.25) is 18.1 Å². The second-order valence-corrected chi connectivity index (χ2v) is 12.6. The molecule has 13 heteroatoms. The van der Waals surface area contributed by atoms with Crippen LogP contribution in [0.3, 0.4) is 0 Å². The molecule has 0 saturated heterocycles. The molecule has 0 aromatic heterocycles. The predicted octanol–water partition coefficient (Wildman–Crippen LogP) is -3.16. The lowest BCUT2D eigenvalue weighted by Crippen LogP contribution is -2.60. The Labute approximate surface area is 133 Å². The fraction of sp³-hybridized carbons (Fsp3) is 1.00. The van der Waals surface area contributed by atoms with Gasteiger partial charge >= 0.3 is 26.4 Å². The van der Waals surface area contributed by atoms with Crippen molar-refractivity contribution in [2.75, 3.05) is 19.6 Å². The number of rotatable bonds is 13. The fourth-order valence-corrected chi connectivity index (χ4v) is 9.97. The van der Waals surface area contributed by atoms with Gasteiger partial charge in [0.2, 0.25) is 0 Å². The van der Waals surface area contributed by atoms with Gasteiger partial charge in [-0.15, -0.1) is 0 Å². The maximum atomic E-state index is 10.4. The van der Waals surface area contributed by atoms with Crippen LogP contribution in [0.4, 0.5) is 0 Å². The van der Waals surface area contributed by atoms with Gasteiger partial charge in [-0.05, 0) is 38.9 Å². The Balaban J connectivity index is 4.89. The molecule has 0 rings (SSSR count). The Hall–Kier alpha value is 0.251. The molecule has 0 aliphatic heterocycles. The van der Waals surface area contributed by atoms with Crippen molar-refractivity contribution in [1.82, 2.24) is 0 Å². The Morgan fingerprint density at radius 2 is 0.909 bits per heavy atom. The molecule has 0 saturated carbocycles. The lowest BCUT2D eigenvalue weighted by molar-refractivity contribution is 0.122. The van der Waals surface area contributed by atoms with Crippen LogP contribution in [0.5, 0.6) is 0 Å². The molecule has 0 amide bonds. The van der Waals surface area contributed by atoms with E-state index in [-0.39, 0.29) is 44.2 Å². The van der Waals surface area contributed by atoms with Crippen molar-refractivity contribution < 1.29 is 32.2 Å². The molecule has 0 aliphatic rings. The maximum absolute atomic E-state index is 10.4. The minimum absolute atomic E-state index is 0.0967. The number of hydrogen-bond acceptors (Lipinski definition) is 10. The van der Waals surface area contributed by atoms with E-state index in [1.54, 1.807) is 0 Å². The molecule has 0 aliphatic carbocycles. The molecule has 0 atom stereocenters. The van der Waals surface area contributed by atoms with E-state index >= 15 is 0 Å². The van der Waals surface area contributed by atoms with Gasteiger partial charge in [0, 0.05) is 18.1 Å². The predicted molar refractivity (Wildman–Crippen MR) is 86.0 cm³/mol. The molecule has 0 heterocycles. The van der Waals surface area contributed by atoms with E-state index < -0.39 is 26.4 Å². The van der Waals surface area contributed by atoms with Crippen LogP contribution >= 0.6 is 0 Å². The van der Waals surface area contributed by atoms with Gasteiger partial charge < -0.3 is 49.4 Å². The van der Waals surface area contributed by atoms with E-state index in [0.717, 1.165) is 0 Å². The van der Waals surface area contributed by atoms with Crippen molar-refractivity contribution in [3.05, 3.63) is 0 Å². The second kappa shape index (κ2) is 10.2. The van der Waals surface area contributed by atoms with Crippen LogP contribution < -0.4 is 17.2 Å². The van der Waals surface area contributed by atoms with Crippen molar-refractivity contribution in [2.45, 2.75) is 37.4 Å². The summed E-state index contributed by atoms with van der Waals surface area (Å²) in [6.07, 6.45) is 0.884. The average Bonchev–Trinajstić information content (AvgIpc) is 2.39. The van der Waals surface area contributed by atoms with Crippen molar-refractivity contribution in [2.24, 2.45) is 17.2 Å². The van der Waals surface area contributed by atoms with E-state index in [1.807, 2.05) is 0 Å². The molecule has 134 valence electrons. The van der Waals surface area contributed by atoms with Crippen LogP contribution in [0.25, 0.3) is 0 Å². The normalized spacial score (nSPS) is 13.6. The van der Waals surface area contributed by atoms with Crippen LogP contribution in [0.15, 0.2) is 0 Å². The molecule has 0 radical (unpaired) electrons. The Morgan fingerprint density at radius 1 is 0.591 bits per heavy atom. The maximum Gasteiger partial charge on any atom is 0.488 e. The first-order valence-corrected chi connectivity index (χ1v) is 13.2. The third kappa shape index (κ3) is 10.1. The molecule has 0 unspecified atom stereocenters. The summed E-state index contributed by atoms with van der Waals surface area (Å²) in [5, 5.41) is 0. The van der Waals surface area contributed by atoms with Gasteiger partial charge in [-0.1, -0.05) is 0 Å². The fourth-order valence-electron chi connectivity index (χ4n) is 1.73. The number of hydrogen-bond donors (Lipinski definition) is 8. The molecule has 22 heavy (non-hydrogen) atoms. The zero-order chi connectivity index (χ0) is 17.3. The van der Waals surface area contributed by atoms with Crippen molar-refractivity contribution in [1.29, 1.82) is 0 Å². The summed E-state index contributed by atoms with van der Waals surface area (Å²) in [5.74, 6) is 0. The zero-order valence-corrected chi connectivity index (χ0v) is 15.6. The lowest BCUT2D eigenvalue weighted by Gasteiger charge is -2.33. The summed E-state index contributed by atoms with van der Waals surface area (Å²) in [6, 6.07) is -0.321. The quantitative estimate of drug-likeness (QED) is 0.152. The van der Waals surface area contributed by atoms with Gasteiger partial charge in [0.15, 0.2) is 0 Å². The summed E-state index contributed by atoms with van der Waals surface area (Å²) in [6.45, 7) is 0.681. The van der Waals surface area contributed by atoms with Crippen LogP contribution in [0, 0.1) is 0 Å². The Bertz CT molecular complexity index is 290. The van der Waals surface area contributed by atoms with Crippen molar-refractivity contribution in [3.8, 4) is 0 Å². The van der Waals surface area contributed by atoms with Crippen LogP contribution in [-0.2, 0) is 8.23 Å². The van der Waals surface area contributed by atoms with Crippen molar-refractivity contribution in [3.63, 3.8) is 0 Å². The largest absolute Gasteiger partial charge is 0.488 e. The topological polar surface area (TPSA) is 198 Å². The summed E-state index contributed by atoms with van der Waals surface area (Å²) < 4.78 is 10.1. The van der Waals surface area contributed by atoms with Crippen molar-refractivity contribution >= 4 is 26.4 Å². The molecule has 10 nitrogen and oxygen atoms in total. The van der Waals surface area contributed by atoms with Gasteiger partial charge in [-0.3, -0.25) is 0 Å². The average molecular weight is 376 g/mol. The third-order valence-electron chi connectivity index (χ3n) is 2.76. The summed E-state index contributed by atoms with van der Waals surface area (Å²) in [5.41, 5.74) is 16.0. The Morgan fingerprint density at radius 3 is 1.23 bits per heavy atom. The highest BCUT2D eigenvalue weighted by Crippen LogP contribution is 2.23. The minimum atomic E-state index is -4.20. The van der Waals surface area contributed by atoms with E-state index in [4.69, 9.17) is 25.4 Å². The summed E-state index contributed by atoms with van der Waals surface area (Å²) >= 11 is 0. The van der Waals surface area contributed by atoms with E-state index in [1.165, 1.54) is 0 Å². The summed E-state index contributed by atoms with van der Waals surface area (Å²) in [7, 11) is -12.6. The van der Waals surface area contributed by atoms with Gasteiger partial charge in [-0.2, -0.15) is 0 Å². The molecular formula is C9H29N3O7Si3. The lowest BCUT2D eigenvalue weighted by atomic mass is 10.5. The first-order chi connectivity index (χ1) is 10.1. The molecule has 11 N–H and O–H groups in total. The van der Waals surface area contributed by atoms with E-state index in [9.17, 15) is 24.0 Å². The third-order valence-corrected chi connectivity index (χ3v) is 10.9. The Kier molecular flexibility index (Phi) is 10.3. The highest BCUT2D eigenvalue weighted by atomic mass is 28.5. The molecule has 0 aromatic carbocycles. The molecule has 0 fully saturated rings. The van der Waals surface area contributed by atoms with Gasteiger partial charge in [0.1, 0.15) is 0 Å². The van der Waals surface area contributed by atoms with E-state index in [0.29, 0.717) is 12.8 Å². The SMILES string of the molecule is NCCC[Si](O)(O)O[Si](O)(CCCN)O[Si](O)(O)CCCN. The zero-order valence-electron chi connectivity index (χ0n) is 12.6. The highest BCUT2D eigenvalue weighted by Gasteiger charge is 2.52. The molecule has 0 bridgehead atoms. The first-order valence-electron chi connectivity index (χ1n) is 7.22. The van der Waals surface area contributed by atoms with E-state index in [2.05, 4.69) is 0 Å². The molecule has 0 aromatic rings. The smallest absolute Gasteiger partial charge is 0.391 e. The summed E-state index contributed by atoms with van der Waals surface area (Å²) in [4.78, 5) is 49.9. The van der Waals surface area contributed by atoms with Gasteiger partial charge in [-0.25, -0.2) is 0 Å². The second-order valence-electron chi connectivity index (χ2n) is 5.08. The molecular weight excluding hydrogens is 346 g/mol. The first kappa shape index (κ1) is 22.3. The standard InChI is InChI=1S/C9H29N3O7Si3/c10-4-1-7-20(13,14)18-22(17,9-3-6-12)19-21(15,16)8-2-5-11/h13-17H,1-12H2. The van der Waals surface area contributed by atoms with Crippen LogP contribution in [-0.4, -0.2) is 70.0 Å². The molecule has 0 spiro atoms. The monoisotopic (exact) mass is 375 g/mol. The highest BCUT2D eigenvalue weighted by molar-refractivity contribution is 6.78. The minimum Gasteiger partial charge on any atom is -0.391 e.